The fourth-order valence-corrected chi connectivity index (χ4v) is 3.31. The van der Waals surface area contributed by atoms with Crippen LogP contribution in [0.5, 0.6) is 0 Å². The van der Waals surface area contributed by atoms with E-state index >= 15 is 0 Å². The molecule has 1 atom stereocenters. The highest BCUT2D eigenvalue weighted by molar-refractivity contribution is 5.93. The first-order valence-corrected chi connectivity index (χ1v) is 7.67. The summed E-state index contributed by atoms with van der Waals surface area (Å²) in [6, 6.07) is 8.05. The van der Waals surface area contributed by atoms with E-state index in [0.29, 0.717) is 11.6 Å². The molecule has 1 fully saturated rings. The third-order valence-corrected chi connectivity index (χ3v) is 4.65. The number of likely N-dealkylation sites (tertiary alicyclic amines) is 1. The summed E-state index contributed by atoms with van der Waals surface area (Å²) in [4.78, 5) is 13.6. The molecule has 2 heterocycles. The van der Waals surface area contributed by atoms with Crippen LogP contribution in [0.25, 0.3) is 10.9 Å². The number of nitrogens with zero attached hydrogens (tertiary/aromatic N) is 2. The molecule has 1 N–H and O–H groups in total. The molecule has 3 rings (SSSR count). The Bertz CT molecular complexity index is 647. The maximum absolute atomic E-state index is 11.1. The molecule has 0 spiro atoms. The van der Waals surface area contributed by atoms with Crippen LogP contribution in [0.1, 0.15) is 36.0 Å². The van der Waals surface area contributed by atoms with Crippen LogP contribution in [0, 0.1) is 0 Å². The van der Waals surface area contributed by atoms with Gasteiger partial charge in [-0.2, -0.15) is 0 Å². The number of aryl methyl sites for hydroxylation is 1. The number of hydrogen-bond acceptors (Lipinski definition) is 2. The molecule has 1 aliphatic rings. The molecule has 4 nitrogen and oxygen atoms in total. The Kier molecular flexibility index (Phi) is 3.97. The number of carboxylic acids is 1. The van der Waals surface area contributed by atoms with Crippen LogP contribution in [0.3, 0.4) is 0 Å². The van der Waals surface area contributed by atoms with Gasteiger partial charge in [0.2, 0.25) is 0 Å². The van der Waals surface area contributed by atoms with Gasteiger partial charge in [-0.05, 0) is 56.4 Å². The van der Waals surface area contributed by atoms with Crippen molar-refractivity contribution in [1.29, 1.82) is 0 Å². The molecule has 21 heavy (non-hydrogen) atoms. The van der Waals surface area contributed by atoms with Gasteiger partial charge in [-0.1, -0.05) is 12.5 Å². The van der Waals surface area contributed by atoms with Gasteiger partial charge in [-0.15, -0.1) is 0 Å². The highest BCUT2D eigenvalue weighted by Gasteiger charge is 2.18. The lowest BCUT2D eigenvalue weighted by Gasteiger charge is -2.32. The van der Waals surface area contributed by atoms with Crippen LogP contribution in [0.2, 0.25) is 0 Å². The lowest BCUT2D eigenvalue weighted by Crippen LogP contribution is -2.36. The summed E-state index contributed by atoms with van der Waals surface area (Å²) in [5.41, 5.74) is 1.38. The largest absolute Gasteiger partial charge is 0.478 e. The first-order valence-electron chi connectivity index (χ1n) is 7.67. The summed E-state index contributed by atoms with van der Waals surface area (Å²) >= 11 is 0. The average Bonchev–Trinajstić information content (AvgIpc) is 2.88. The molecule has 0 radical (unpaired) electrons. The van der Waals surface area contributed by atoms with Gasteiger partial charge in [-0.3, -0.25) is 0 Å². The third kappa shape index (κ3) is 2.95. The normalized spacial score (nSPS) is 20.0. The van der Waals surface area contributed by atoms with E-state index in [-0.39, 0.29) is 0 Å². The smallest absolute Gasteiger partial charge is 0.335 e. The van der Waals surface area contributed by atoms with Crippen LogP contribution in [-0.4, -0.2) is 40.2 Å². The lowest BCUT2D eigenvalue weighted by atomic mass is 10.0. The molecular formula is C17H22N2O2. The van der Waals surface area contributed by atoms with Crippen LogP contribution in [0.4, 0.5) is 0 Å². The maximum atomic E-state index is 11.1. The van der Waals surface area contributed by atoms with Crippen molar-refractivity contribution in [3.05, 3.63) is 36.0 Å². The average molecular weight is 286 g/mol. The van der Waals surface area contributed by atoms with Crippen molar-refractivity contribution in [3.63, 3.8) is 0 Å². The molecule has 1 aromatic heterocycles. The second-order valence-corrected chi connectivity index (χ2v) is 6.01. The number of hydrogen-bond donors (Lipinski definition) is 1. The van der Waals surface area contributed by atoms with Crippen molar-refractivity contribution < 1.29 is 9.90 Å². The highest BCUT2D eigenvalue weighted by Crippen LogP contribution is 2.22. The van der Waals surface area contributed by atoms with Gasteiger partial charge in [0.1, 0.15) is 0 Å². The fourth-order valence-electron chi connectivity index (χ4n) is 3.31. The van der Waals surface area contributed by atoms with E-state index in [1.165, 1.54) is 25.8 Å². The zero-order valence-corrected chi connectivity index (χ0v) is 12.5. The molecule has 1 aromatic carbocycles. The predicted octanol–water partition coefficient (Wildman–Crippen LogP) is 3.21. The van der Waals surface area contributed by atoms with Crippen LogP contribution in [-0.2, 0) is 6.54 Å². The molecule has 1 unspecified atom stereocenters. The quantitative estimate of drug-likeness (QED) is 0.938. The Morgan fingerprint density at radius 2 is 2.19 bits per heavy atom. The minimum atomic E-state index is -0.864. The van der Waals surface area contributed by atoms with Crippen LogP contribution in [0.15, 0.2) is 30.5 Å². The molecule has 1 saturated heterocycles. The molecule has 112 valence electrons. The van der Waals surface area contributed by atoms with Gasteiger partial charge in [0.25, 0.3) is 0 Å². The number of carbonyl (C=O) groups is 1. The third-order valence-electron chi connectivity index (χ3n) is 4.65. The monoisotopic (exact) mass is 286 g/mol. The standard InChI is InChI=1S/C17H22N2O2/c1-18-9-3-2-4-15(18)8-11-19-10-7-13-5-6-14(17(20)21)12-16(13)19/h5-7,10,12,15H,2-4,8-9,11H2,1H3,(H,20,21). The first-order chi connectivity index (χ1) is 10.1. The first kappa shape index (κ1) is 14.1. The molecule has 4 heteroatoms. The number of carboxylic acid groups (broad SMARTS) is 1. The van der Waals surface area contributed by atoms with E-state index in [1.54, 1.807) is 12.1 Å². The number of aromatic nitrogens is 1. The number of piperidine rings is 1. The number of fused-ring (bicyclic) bond motifs is 1. The zero-order chi connectivity index (χ0) is 14.8. The summed E-state index contributed by atoms with van der Waals surface area (Å²) in [5, 5.41) is 10.2. The summed E-state index contributed by atoms with van der Waals surface area (Å²) in [7, 11) is 2.21. The number of rotatable bonds is 4. The van der Waals surface area contributed by atoms with E-state index < -0.39 is 5.97 Å². The molecule has 0 saturated carbocycles. The van der Waals surface area contributed by atoms with E-state index in [1.807, 2.05) is 6.07 Å². The Morgan fingerprint density at radius 3 is 2.95 bits per heavy atom. The van der Waals surface area contributed by atoms with Crippen molar-refractivity contribution in [3.8, 4) is 0 Å². The maximum Gasteiger partial charge on any atom is 0.335 e. The van der Waals surface area contributed by atoms with E-state index in [2.05, 4.69) is 28.8 Å². The summed E-state index contributed by atoms with van der Waals surface area (Å²) < 4.78 is 2.18. The van der Waals surface area contributed by atoms with Crippen molar-refractivity contribution >= 4 is 16.9 Å². The second-order valence-electron chi connectivity index (χ2n) is 6.01. The van der Waals surface area contributed by atoms with Crippen molar-refractivity contribution in [1.82, 2.24) is 9.47 Å². The lowest BCUT2D eigenvalue weighted by molar-refractivity contribution is 0.0697. The minimum absolute atomic E-state index is 0.359. The SMILES string of the molecule is CN1CCCCC1CCn1ccc2ccc(C(=O)O)cc21. The van der Waals surface area contributed by atoms with Gasteiger partial charge in [-0.25, -0.2) is 4.79 Å². The van der Waals surface area contributed by atoms with E-state index in [9.17, 15) is 4.79 Å². The Morgan fingerprint density at radius 1 is 1.33 bits per heavy atom. The predicted molar refractivity (Wildman–Crippen MR) is 83.8 cm³/mol. The van der Waals surface area contributed by atoms with Crippen LogP contribution < -0.4 is 0 Å². The topological polar surface area (TPSA) is 45.5 Å². The minimum Gasteiger partial charge on any atom is -0.478 e. The Hall–Kier alpha value is -1.81. The van der Waals surface area contributed by atoms with Gasteiger partial charge in [0, 0.05) is 24.3 Å². The van der Waals surface area contributed by atoms with Gasteiger partial charge < -0.3 is 14.6 Å². The van der Waals surface area contributed by atoms with Crippen molar-refractivity contribution in [2.75, 3.05) is 13.6 Å². The molecular weight excluding hydrogens is 264 g/mol. The van der Waals surface area contributed by atoms with Crippen molar-refractivity contribution in [2.45, 2.75) is 38.3 Å². The molecule has 1 aliphatic heterocycles. The van der Waals surface area contributed by atoms with E-state index in [0.717, 1.165) is 23.9 Å². The Labute approximate surface area is 125 Å². The molecule has 2 aromatic rings. The summed E-state index contributed by atoms with van der Waals surface area (Å²) in [6.45, 7) is 2.14. The van der Waals surface area contributed by atoms with E-state index in [4.69, 9.17) is 5.11 Å². The molecule has 0 aliphatic carbocycles. The second kappa shape index (κ2) is 5.90. The van der Waals surface area contributed by atoms with Gasteiger partial charge >= 0.3 is 5.97 Å². The summed E-state index contributed by atoms with van der Waals surface area (Å²) in [5.74, 6) is -0.864. The molecule has 0 bridgehead atoms. The zero-order valence-electron chi connectivity index (χ0n) is 12.5. The Balaban J connectivity index is 1.77. The highest BCUT2D eigenvalue weighted by atomic mass is 16.4. The molecule has 0 amide bonds. The number of aromatic carboxylic acids is 1. The van der Waals surface area contributed by atoms with Gasteiger partial charge in [0.15, 0.2) is 0 Å². The van der Waals surface area contributed by atoms with Crippen molar-refractivity contribution in [2.24, 2.45) is 0 Å². The fraction of sp³-hybridized carbons (Fsp3) is 0.471. The number of benzene rings is 1. The van der Waals surface area contributed by atoms with Gasteiger partial charge in [0.05, 0.1) is 5.56 Å². The van der Waals surface area contributed by atoms with Crippen LogP contribution >= 0.6 is 0 Å². The summed E-state index contributed by atoms with van der Waals surface area (Å²) in [6.07, 6.45) is 7.10.